The number of benzene rings is 1. The lowest BCUT2D eigenvalue weighted by molar-refractivity contribution is -0.122. The Morgan fingerprint density at radius 2 is 1.74 bits per heavy atom. The molecule has 23 heavy (non-hydrogen) atoms. The van der Waals surface area contributed by atoms with Gasteiger partial charge < -0.3 is 16.4 Å². The van der Waals surface area contributed by atoms with Gasteiger partial charge in [-0.15, -0.1) is 12.4 Å². The van der Waals surface area contributed by atoms with E-state index < -0.39 is 6.04 Å². The van der Waals surface area contributed by atoms with Crippen LogP contribution in [0.15, 0.2) is 24.3 Å². The molecule has 0 radical (unpaired) electrons. The summed E-state index contributed by atoms with van der Waals surface area (Å²) in [6.07, 6.45) is 3.60. The number of carbonyl (C=O) groups is 2. The van der Waals surface area contributed by atoms with Gasteiger partial charge >= 0.3 is 0 Å². The molecule has 0 saturated heterocycles. The molecule has 0 heterocycles. The molecule has 0 fully saturated rings. The van der Waals surface area contributed by atoms with Gasteiger partial charge in [-0.05, 0) is 30.5 Å². The van der Waals surface area contributed by atoms with Crippen LogP contribution in [0.2, 0.25) is 0 Å². The van der Waals surface area contributed by atoms with Crippen LogP contribution in [0.3, 0.4) is 0 Å². The van der Waals surface area contributed by atoms with Crippen molar-refractivity contribution in [3.8, 4) is 0 Å². The van der Waals surface area contributed by atoms with E-state index in [2.05, 4.69) is 17.6 Å². The van der Waals surface area contributed by atoms with E-state index in [-0.39, 0.29) is 24.2 Å². The Morgan fingerprint density at radius 1 is 1.09 bits per heavy atom. The summed E-state index contributed by atoms with van der Waals surface area (Å²) in [7, 11) is 0. The summed E-state index contributed by atoms with van der Waals surface area (Å²) >= 11 is 0. The first-order chi connectivity index (χ1) is 10.6. The number of carbonyl (C=O) groups excluding carboxylic acids is 2. The predicted molar refractivity (Wildman–Crippen MR) is 95.7 cm³/mol. The van der Waals surface area contributed by atoms with Crippen molar-refractivity contribution in [2.45, 2.75) is 52.1 Å². The van der Waals surface area contributed by atoms with E-state index in [1.54, 1.807) is 12.1 Å². The number of halogens is 1. The maximum atomic E-state index is 11.9. The van der Waals surface area contributed by atoms with Gasteiger partial charge in [0.05, 0.1) is 6.04 Å². The fourth-order valence-corrected chi connectivity index (χ4v) is 2.02. The number of hydrogen-bond acceptors (Lipinski definition) is 3. The molecule has 2 amide bonds. The molecule has 0 aliphatic carbocycles. The predicted octanol–water partition coefficient (Wildman–Crippen LogP) is 2.38. The van der Waals surface area contributed by atoms with Gasteiger partial charge in [-0.3, -0.25) is 9.59 Å². The molecule has 0 aliphatic heterocycles. The van der Waals surface area contributed by atoms with Crippen LogP contribution in [0.1, 0.15) is 55.5 Å². The fourth-order valence-electron chi connectivity index (χ4n) is 2.02. The number of hydrogen-bond donors (Lipinski definition) is 3. The maximum absolute atomic E-state index is 11.9. The van der Waals surface area contributed by atoms with Gasteiger partial charge in [-0.2, -0.15) is 0 Å². The molecule has 1 aromatic rings. The van der Waals surface area contributed by atoms with Crippen molar-refractivity contribution in [1.82, 2.24) is 10.6 Å². The first-order valence-electron chi connectivity index (χ1n) is 7.98. The van der Waals surface area contributed by atoms with E-state index in [1.165, 1.54) is 0 Å². The summed E-state index contributed by atoms with van der Waals surface area (Å²) in [6.45, 7) is 5.20. The number of rotatable bonds is 9. The van der Waals surface area contributed by atoms with E-state index in [1.807, 2.05) is 19.1 Å². The van der Waals surface area contributed by atoms with Crippen LogP contribution < -0.4 is 16.4 Å². The minimum atomic E-state index is -0.450. The minimum absolute atomic E-state index is 0. The first-order valence-corrected chi connectivity index (χ1v) is 7.98. The van der Waals surface area contributed by atoms with Crippen molar-refractivity contribution in [3.63, 3.8) is 0 Å². The Labute approximate surface area is 144 Å². The Morgan fingerprint density at radius 3 is 2.30 bits per heavy atom. The summed E-state index contributed by atoms with van der Waals surface area (Å²) in [5.74, 6) is -0.197. The van der Waals surface area contributed by atoms with Crippen molar-refractivity contribution in [2.24, 2.45) is 5.73 Å². The SMILES string of the molecule is CCCCNC(=O)c1ccc(CNC(=O)C(N)CCC)cc1.Cl. The lowest BCUT2D eigenvalue weighted by Gasteiger charge is -2.11. The molecule has 1 aromatic carbocycles. The molecule has 0 spiro atoms. The van der Waals surface area contributed by atoms with Crippen LogP contribution in [0.25, 0.3) is 0 Å². The quantitative estimate of drug-likeness (QED) is 0.603. The average molecular weight is 342 g/mol. The molecule has 4 N–H and O–H groups in total. The molecule has 5 nitrogen and oxygen atoms in total. The molecule has 0 aliphatic rings. The monoisotopic (exact) mass is 341 g/mol. The third-order valence-corrected chi connectivity index (χ3v) is 3.44. The zero-order valence-electron chi connectivity index (χ0n) is 13.9. The van der Waals surface area contributed by atoms with E-state index in [4.69, 9.17) is 5.73 Å². The number of nitrogens with one attached hydrogen (secondary N) is 2. The molecule has 1 unspecified atom stereocenters. The van der Waals surface area contributed by atoms with Gasteiger partial charge in [-0.25, -0.2) is 0 Å². The Balaban J connectivity index is 0.00000484. The summed E-state index contributed by atoms with van der Waals surface area (Å²) in [5, 5.41) is 5.68. The van der Waals surface area contributed by atoms with Gasteiger partial charge in [0.2, 0.25) is 5.91 Å². The largest absolute Gasteiger partial charge is 0.352 e. The summed E-state index contributed by atoms with van der Waals surface area (Å²) in [5.41, 5.74) is 7.33. The second-order valence-corrected chi connectivity index (χ2v) is 5.42. The summed E-state index contributed by atoms with van der Waals surface area (Å²) in [6, 6.07) is 6.79. The molecule has 1 rings (SSSR count). The van der Waals surface area contributed by atoms with E-state index in [0.717, 1.165) is 24.8 Å². The summed E-state index contributed by atoms with van der Waals surface area (Å²) < 4.78 is 0. The zero-order chi connectivity index (χ0) is 16.4. The molecule has 6 heteroatoms. The van der Waals surface area contributed by atoms with E-state index in [0.29, 0.717) is 25.1 Å². The van der Waals surface area contributed by atoms with E-state index in [9.17, 15) is 9.59 Å². The Kier molecular flexibility index (Phi) is 11.1. The van der Waals surface area contributed by atoms with Gasteiger partial charge in [0, 0.05) is 18.7 Å². The topological polar surface area (TPSA) is 84.2 Å². The Hall–Kier alpha value is -1.59. The highest BCUT2D eigenvalue weighted by atomic mass is 35.5. The highest BCUT2D eigenvalue weighted by Crippen LogP contribution is 2.05. The molecule has 1 atom stereocenters. The van der Waals surface area contributed by atoms with Crippen molar-refractivity contribution >= 4 is 24.2 Å². The second-order valence-electron chi connectivity index (χ2n) is 5.42. The third-order valence-electron chi connectivity index (χ3n) is 3.44. The van der Waals surface area contributed by atoms with Crippen LogP contribution in [0, 0.1) is 0 Å². The summed E-state index contributed by atoms with van der Waals surface area (Å²) in [4.78, 5) is 23.6. The van der Waals surface area contributed by atoms with Crippen LogP contribution in [0.4, 0.5) is 0 Å². The number of amides is 2. The van der Waals surface area contributed by atoms with Crippen LogP contribution >= 0.6 is 12.4 Å². The lowest BCUT2D eigenvalue weighted by atomic mass is 10.1. The van der Waals surface area contributed by atoms with Gasteiger partial charge in [-0.1, -0.05) is 38.8 Å². The average Bonchev–Trinajstić information content (AvgIpc) is 2.53. The highest BCUT2D eigenvalue weighted by molar-refractivity contribution is 5.94. The molecule has 0 saturated carbocycles. The van der Waals surface area contributed by atoms with Gasteiger partial charge in [0.15, 0.2) is 0 Å². The normalized spacial score (nSPS) is 11.3. The maximum Gasteiger partial charge on any atom is 0.251 e. The fraction of sp³-hybridized carbons (Fsp3) is 0.529. The van der Waals surface area contributed by atoms with Crippen molar-refractivity contribution in [3.05, 3.63) is 35.4 Å². The zero-order valence-corrected chi connectivity index (χ0v) is 14.7. The third kappa shape index (κ3) is 8.00. The van der Waals surface area contributed by atoms with Gasteiger partial charge in [0.1, 0.15) is 0 Å². The van der Waals surface area contributed by atoms with E-state index >= 15 is 0 Å². The van der Waals surface area contributed by atoms with Gasteiger partial charge in [0.25, 0.3) is 5.91 Å². The van der Waals surface area contributed by atoms with Crippen LogP contribution in [-0.2, 0) is 11.3 Å². The standard InChI is InChI=1S/C17H27N3O2.ClH/c1-3-5-11-19-16(21)14-9-7-13(8-10-14)12-20-17(22)15(18)6-4-2;/h7-10,15H,3-6,11-12,18H2,1-2H3,(H,19,21)(H,20,22);1H. The Bertz CT molecular complexity index is 477. The smallest absolute Gasteiger partial charge is 0.251 e. The van der Waals surface area contributed by atoms with Crippen molar-refractivity contribution in [1.29, 1.82) is 0 Å². The number of unbranched alkanes of at least 4 members (excludes halogenated alkanes) is 1. The first kappa shape index (κ1) is 21.4. The highest BCUT2D eigenvalue weighted by Gasteiger charge is 2.11. The molecule has 0 bridgehead atoms. The molecule has 130 valence electrons. The molecule has 0 aromatic heterocycles. The molecular formula is C17H28ClN3O2. The minimum Gasteiger partial charge on any atom is -0.352 e. The molecular weight excluding hydrogens is 314 g/mol. The second kappa shape index (κ2) is 11.9. The lowest BCUT2D eigenvalue weighted by Crippen LogP contribution is -2.40. The van der Waals surface area contributed by atoms with Crippen LogP contribution in [0.5, 0.6) is 0 Å². The number of nitrogens with two attached hydrogens (primary N) is 1. The van der Waals surface area contributed by atoms with Crippen molar-refractivity contribution < 1.29 is 9.59 Å². The van der Waals surface area contributed by atoms with Crippen LogP contribution in [-0.4, -0.2) is 24.4 Å². The van der Waals surface area contributed by atoms with Crippen molar-refractivity contribution in [2.75, 3.05) is 6.54 Å².